The number of rotatable bonds is 4. The molecule has 0 spiro atoms. The maximum atomic E-state index is 13.6. The highest BCUT2D eigenvalue weighted by molar-refractivity contribution is 5.80. The molecule has 7 heteroatoms. The van der Waals surface area contributed by atoms with Gasteiger partial charge in [0.15, 0.2) is 5.82 Å². The smallest absolute Gasteiger partial charge is 0.272 e. The zero-order chi connectivity index (χ0) is 14.5. The second kappa shape index (κ2) is 6.31. The van der Waals surface area contributed by atoms with Crippen molar-refractivity contribution < 1.29 is 14.1 Å². The monoisotopic (exact) mass is 281 g/mol. The second-order valence-corrected chi connectivity index (χ2v) is 4.87. The molecule has 1 saturated carbocycles. The number of nitro groups is 1. The van der Waals surface area contributed by atoms with Crippen molar-refractivity contribution >= 4 is 17.3 Å². The van der Waals surface area contributed by atoms with E-state index in [4.69, 9.17) is 0 Å². The van der Waals surface area contributed by atoms with E-state index in [1.165, 1.54) is 12.1 Å². The van der Waals surface area contributed by atoms with Gasteiger partial charge in [0.25, 0.3) is 5.69 Å². The van der Waals surface area contributed by atoms with Crippen molar-refractivity contribution in [1.82, 2.24) is 5.43 Å². The highest BCUT2D eigenvalue weighted by Crippen LogP contribution is 2.24. The van der Waals surface area contributed by atoms with Gasteiger partial charge in [-0.3, -0.25) is 25.8 Å². The van der Waals surface area contributed by atoms with Crippen LogP contribution in [0.15, 0.2) is 18.2 Å². The molecule has 0 radical (unpaired) electrons. The summed E-state index contributed by atoms with van der Waals surface area (Å²) in [5, 5.41) is 10.5. The van der Waals surface area contributed by atoms with Gasteiger partial charge in [0.1, 0.15) is 0 Å². The van der Waals surface area contributed by atoms with Crippen molar-refractivity contribution in [3.63, 3.8) is 0 Å². The van der Waals surface area contributed by atoms with Crippen molar-refractivity contribution in [2.24, 2.45) is 5.92 Å². The number of hydrazine groups is 1. The molecular weight excluding hydrogens is 265 g/mol. The molecule has 2 N–H and O–H groups in total. The van der Waals surface area contributed by atoms with Gasteiger partial charge in [-0.1, -0.05) is 19.3 Å². The lowest BCUT2D eigenvalue weighted by Gasteiger charge is -2.21. The molecule has 0 aromatic heterocycles. The Morgan fingerprint density at radius 2 is 2.00 bits per heavy atom. The van der Waals surface area contributed by atoms with Crippen LogP contribution >= 0.6 is 0 Å². The zero-order valence-electron chi connectivity index (χ0n) is 10.9. The minimum absolute atomic E-state index is 0.0137. The van der Waals surface area contributed by atoms with E-state index >= 15 is 0 Å². The van der Waals surface area contributed by atoms with Crippen LogP contribution in [0.1, 0.15) is 32.1 Å². The molecule has 1 aliphatic carbocycles. The summed E-state index contributed by atoms with van der Waals surface area (Å²) in [7, 11) is 0. The minimum Gasteiger partial charge on any atom is -0.296 e. The lowest BCUT2D eigenvalue weighted by Crippen LogP contribution is -2.36. The number of benzene rings is 1. The van der Waals surface area contributed by atoms with Crippen LogP contribution < -0.4 is 10.9 Å². The van der Waals surface area contributed by atoms with Gasteiger partial charge in [-0.05, 0) is 18.9 Å². The Labute approximate surface area is 115 Å². The topological polar surface area (TPSA) is 84.3 Å². The number of anilines is 1. The molecule has 1 aliphatic rings. The van der Waals surface area contributed by atoms with E-state index in [0.717, 1.165) is 38.2 Å². The van der Waals surface area contributed by atoms with E-state index in [-0.39, 0.29) is 23.2 Å². The number of hydrogen-bond acceptors (Lipinski definition) is 4. The second-order valence-electron chi connectivity index (χ2n) is 4.87. The van der Waals surface area contributed by atoms with E-state index < -0.39 is 10.7 Å². The van der Waals surface area contributed by atoms with E-state index in [9.17, 15) is 19.3 Å². The summed E-state index contributed by atoms with van der Waals surface area (Å²) >= 11 is 0. The highest BCUT2D eigenvalue weighted by atomic mass is 19.1. The molecule has 108 valence electrons. The summed E-state index contributed by atoms with van der Waals surface area (Å²) in [6.07, 6.45) is 4.90. The number of carbonyl (C=O) groups is 1. The van der Waals surface area contributed by atoms with E-state index in [0.29, 0.717) is 0 Å². The third kappa shape index (κ3) is 3.43. The van der Waals surface area contributed by atoms with Crippen LogP contribution in [0.3, 0.4) is 0 Å². The van der Waals surface area contributed by atoms with Crippen LogP contribution in [0.2, 0.25) is 0 Å². The van der Waals surface area contributed by atoms with Crippen molar-refractivity contribution in [2.75, 3.05) is 5.43 Å². The van der Waals surface area contributed by atoms with Crippen LogP contribution in [-0.4, -0.2) is 10.8 Å². The lowest BCUT2D eigenvalue weighted by molar-refractivity contribution is -0.385. The fraction of sp³-hybridized carbons (Fsp3) is 0.462. The van der Waals surface area contributed by atoms with Gasteiger partial charge in [0.2, 0.25) is 5.91 Å². The molecule has 6 nitrogen and oxygen atoms in total. The Morgan fingerprint density at radius 1 is 1.30 bits per heavy atom. The Bertz CT molecular complexity index is 516. The third-order valence-corrected chi connectivity index (χ3v) is 3.46. The first kappa shape index (κ1) is 14.2. The molecular formula is C13H16FN3O3. The Morgan fingerprint density at radius 3 is 2.60 bits per heavy atom. The molecule has 0 unspecified atom stereocenters. The third-order valence-electron chi connectivity index (χ3n) is 3.46. The van der Waals surface area contributed by atoms with Crippen LogP contribution in [0.25, 0.3) is 0 Å². The quantitative estimate of drug-likeness (QED) is 0.656. The van der Waals surface area contributed by atoms with Crippen molar-refractivity contribution in [2.45, 2.75) is 32.1 Å². The standard InChI is InChI=1S/C13H16FN3O3/c14-11-8-10(17(19)20)6-7-12(11)15-16-13(18)9-4-2-1-3-5-9/h6-9,15H,1-5H2,(H,16,18). The number of halogens is 1. The molecule has 0 saturated heterocycles. The van der Waals surface area contributed by atoms with Crippen molar-refractivity contribution in [3.8, 4) is 0 Å². The number of amides is 1. The number of nitro benzene ring substituents is 1. The molecule has 1 fully saturated rings. The molecule has 2 rings (SSSR count). The highest BCUT2D eigenvalue weighted by Gasteiger charge is 2.21. The molecule has 0 heterocycles. The first-order valence-corrected chi connectivity index (χ1v) is 6.58. The van der Waals surface area contributed by atoms with Crippen LogP contribution in [-0.2, 0) is 4.79 Å². The summed E-state index contributed by atoms with van der Waals surface area (Å²) in [6.45, 7) is 0. The molecule has 1 amide bonds. The number of nitrogens with one attached hydrogen (secondary N) is 2. The summed E-state index contributed by atoms with van der Waals surface area (Å²) in [6, 6.07) is 3.22. The van der Waals surface area contributed by atoms with Gasteiger partial charge in [0, 0.05) is 12.0 Å². The first-order chi connectivity index (χ1) is 9.58. The predicted octanol–water partition coefficient (Wildman–Crippen LogP) is 2.76. The number of non-ortho nitro benzene ring substituents is 1. The first-order valence-electron chi connectivity index (χ1n) is 6.58. The molecule has 1 aromatic rings. The maximum absolute atomic E-state index is 13.6. The summed E-state index contributed by atoms with van der Waals surface area (Å²) in [5.41, 5.74) is 4.62. The molecule has 0 aliphatic heterocycles. The van der Waals surface area contributed by atoms with Gasteiger partial charge in [-0.15, -0.1) is 0 Å². The Kier molecular flexibility index (Phi) is 4.49. The maximum Gasteiger partial charge on any atom is 0.272 e. The van der Waals surface area contributed by atoms with Crippen molar-refractivity contribution in [3.05, 3.63) is 34.1 Å². The van der Waals surface area contributed by atoms with Gasteiger partial charge in [-0.2, -0.15) is 0 Å². The molecule has 20 heavy (non-hydrogen) atoms. The average molecular weight is 281 g/mol. The SMILES string of the molecule is O=C(NNc1ccc([N+](=O)[O-])cc1F)C1CCCCC1. The van der Waals surface area contributed by atoms with Crippen LogP contribution in [0.5, 0.6) is 0 Å². The predicted molar refractivity (Wildman–Crippen MR) is 71.4 cm³/mol. The van der Waals surface area contributed by atoms with Gasteiger partial charge < -0.3 is 0 Å². The van der Waals surface area contributed by atoms with Gasteiger partial charge in [-0.25, -0.2) is 4.39 Å². The van der Waals surface area contributed by atoms with E-state index in [2.05, 4.69) is 10.9 Å². The summed E-state index contributed by atoms with van der Waals surface area (Å²) < 4.78 is 13.6. The average Bonchev–Trinajstić information content (AvgIpc) is 2.46. The van der Waals surface area contributed by atoms with Gasteiger partial charge in [0.05, 0.1) is 16.7 Å². The van der Waals surface area contributed by atoms with Crippen molar-refractivity contribution in [1.29, 1.82) is 0 Å². The molecule has 1 aromatic carbocycles. The largest absolute Gasteiger partial charge is 0.296 e. The number of nitrogens with zero attached hydrogens (tertiary/aromatic N) is 1. The lowest BCUT2D eigenvalue weighted by atomic mass is 9.89. The summed E-state index contributed by atoms with van der Waals surface area (Å²) in [5.74, 6) is -0.983. The summed E-state index contributed by atoms with van der Waals surface area (Å²) in [4.78, 5) is 21.7. The van der Waals surface area contributed by atoms with Gasteiger partial charge >= 0.3 is 0 Å². The molecule has 0 atom stereocenters. The normalized spacial score (nSPS) is 15.7. The fourth-order valence-corrected chi connectivity index (χ4v) is 2.31. The minimum atomic E-state index is -0.775. The van der Waals surface area contributed by atoms with Crippen LogP contribution in [0, 0.1) is 21.8 Å². The van der Waals surface area contributed by atoms with E-state index in [1.807, 2.05) is 0 Å². The zero-order valence-corrected chi connectivity index (χ0v) is 10.9. The Balaban J connectivity index is 1.93. The van der Waals surface area contributed by atoms with Crippen LogP contribution in [0.4, 0.5) is 15.8 Å². The fourth-order valence-electron chi connectivity index (χ4n) is 2.31. The molecule has 0 bridgehead atoms. The Hall–Kier alpha value is -2.18. The van der Waals surface area contributed by atoms with E-state index in [1.54, 1.807) is 0 Å². The number of carbonyl (C=O) groups excluding carboxylic acids is 1. The number of hydrogen-bond donors (Lipinski definition) is 2.